The summed E-state index contributed by atoms with van der Waals surface area (Å²) in [4.78, 5) is 14.0. The fourth-order valence-electron chi connectivity index (χ4n) is 2.14. The van der Waals surface area contributed by atoms with Crippen LogP contribution in [0, 0.1) is 0 Å². The summed E-state index contributed by atoms with van der Waals surface area (Å²) in [5, 5.41) is 3.23. The molecule has 2 unspecified atom stereocenters. The fourth-order valence-corrected chi connectivity index (χ4v) is 2.82. The third-order valence-electron chi connectivity index (χ3n) is 3.40. The van der Waals surface area contributed by atoms with E-state index >= 15 is 0 Å². The van der Waals surface area contributed by atoms with Crippen molar-refractivity contribution in [3.05, 3.63) is 0 Å². The van der Waals surface area contributed by atoms with Gasteiger partial charge in [0.25, 0.3) is 0 Å². The molecule has 0 bridgehead atoms. The molecule has 0 spiro atoms. The molecule has 1 aliphatic rings. The molecule has 1 N–H and O–H groups in total. The lowest BCUT2D eigenvalue weighted by Gasteiger charge is -2.22. The molecule has 5 heteroatoms. The summed E-state index contributed by atoms with van der Waals surface area (Å²) in [6.07, 6.45) is 7.34. The van der Waals surface area contributed by atoms with Gasteiger partial charge in [-0.05, 0) is 26.2 Å². The Bertz CT molecular complexity index is 276. The standard InChI is InChI=1S/C13H26N2O2S/c1-12(7-10-18(2)17)14-11-13(16)15-8-5-3-4-6-9-15/h12,14H,3-11H2,1-2H3. The van der Waals surface area contributed by atoms with E-state index in [9.17, 15) is 9.00 Å². The Balaban J connectivity index is 2.20. The van der Waals surface area contributed by atoms with Crippen LogP contribution in [-0.2, 0) is 15.6 Å². The number of amides is 1. The predicted molar refractivity (Wildman–Crippen MR) is 76.1 cm³/mol. The number of nitrogens with one attached hydrogen (secondary N) is 1. The van der Waals surface area contributed by atoms with Gasteiger partial charge in [-0.2, -0.15) is 0 Å². The van der Waals surface area contributed by atoms with Gasteiger partial charge >= 0.3 is 0 Å². The van der Waals surface area contributed by atoms with Gasteiger partial charge in [-0.3, -0.25) is 9.00 Å². The topological polar surface area (TPSA) is 49.4 Å². The van der Waals surface area contributed by atoms with Crippen molar-refractivity contribution >= 4 is 16.7 Å². The van der Waals surface area contributed by atoms with Gasteiger partial charge in [0.2, 0.25) is 5.91 Å². The van der Waals surface area contributed by atoms with E-state index in [0.717, 1.165) is 32.4 Å². The van der Waals surface area contributed by atoms with Gasteiger partial charge in [-0.25, -0.2) is 0 Å². The molecule has 2 atom stereocenters. The van der Waals surface area contributed by atoms with Crippen LogP contribution in [0.3, 0.4) is 0 Å². The molecule has 1 aliphatic heterocycles. The number of hydrogen-bond acceptors (Lipinski definition) is 3. The highest BCUT2D eigenvalue weighted by Gasteiger charge is 2.15. The van der Waals surface area contributed by atoms with E-state index in [1.165, 1.54) is 12.8 Å². The van der Waals surface area contributed by atoms with E-state index in [2.05, 4.69) is 5.32 Å². The summed E-state index contributed by atoms with van der Waals surface area (Å²) in [7, 11) is -0.742. The lowest BCUT2D eigenvalue weighted by Crippen LogP contribution is -2.41. The quantitative estimate of drug-likeness (QED) is 0.790. The summed E-state index contributed by atoms with van der Waals surface area (Å²) >= 11 is 0. The minimum atomic E-state index is -0.742. The maximum atomic E-state index is 12.0. The summed E-state index contributed by atoms with van der Waals surface area (Å²) in [5.74, 6) is 0.910. The van der Waals surface area contributed by atoms with Crippen LogP contribution in [0.15, 0.2) is 0 Å². The molecule has 0 aromatic rings. The minimum absolute atomic E-state index is 0.210. The van der Waals surface area contributed by atoms with Crippen LogP contribution in [0.25, 0.3) is 0 Å². The molecule has 0 saturated carbocycles. The first-order valence-corrected chi connectivity index (χ1v) is 8.63. The van der Waals surface area contributed by atoms with Crippen molar-refractivity contribution < 1.29 is 9.00 Å². The average Bonchev–Trinajstić information content (AvgIpc) is 2.62. The van der Waals surface area contributed by atoms with E-state index in [4.69, 9.17) is 0 Å². The first-order chi connectivity index (χ1) is 8.59. The molecule has 1 heterocycles. The molecular weight excluding hydrogens is 248 g/mol. The van der Waals surface area contributed by atoms with Gasteiger partial charge in [0.05, 0.1) is 6.54 Å². The molecule has 1 rings (SSSR count). The van der Waals surface area contributed by atoms with E-state index in [-0.39, 0.29) is 11.9 Å². The zero-order valence-electron chi connectivity index (χ0n) is 11.6. The van der Waals surface area contributed by atoms with Crippen molar-refractivity contribution in [2.45, 2.75) is 45.1 Å². The summed E-state index contributed by atoms with van der Waals surface area (Å²) in [6.45, 7) is 4.28. The molecule has 0 aromatic carbocycles. The second-order valence-electron chi connectivity index (χ2n) is 5.14. The Morgan fingerprint density at radius 2 is 1.89 bits per heavy atom. The van der Waals surface area contributed by atoms with Gasteiger partial charge < -0.3 is 10.2 Å². The number of hydrogen-bond donors (Lipinski definition) is 1. The Morgan fingerprint density at radius 3 is 2.44 bits per heavy atom. The molecular formula is C13H26N2O2S. The van der Waals surface area contributed by atoms with Crippen LogP contribution in [0.4, 0.5) is 0 Å². The van der Waals surface area contributed by atoms with E-state index in [0.29, 0.717) is 12.3 Å². The Hall–Kier alpha value is -0.420. The molecule has 0 aromatic heterocycles. The van der Waals surface area contributed by atoms with E-state index in [1.54, 1.807) is 6.26 Å². The molecule has 106 valence electrons. The number of rotatable bonds is 6. The summed E-state index contributed by atoms with van der Waals surface area (Å²) < 4.78 is 11.0. The molecule has 1 amide bonds. The predicted octanol–water partition coefficient (Wildman–Crippen LogP) is 1.14. The van der Waals surface area contributed by atoms with Gasteiger partial charge in [-0.1, -0.05) is 12.8 Å². The van der Waals surface area contributed by atoms with Crippen LogP contribution in [0.2, 0.25) is 0 Å². The van der Waals surface area contributed by atoms with Crippen molar-refractivity contribution in [2.75, 3.05) is 31.6 Å². The highest BCUT2D eigenvalue weighted by atomic mass is 32.2. The van der Waals surface area contributed by atoms with Gasteiger partial charge in [0, 0.05) is 41.9 Å². The second-order valence-corrected chi connectivity index (χ2v) is 6.70. The largest absolute Gasteiger partial charge is 0.342 e. The Morgan fingerprint density at radius 1 is 1.28 bits per heavy atom. The Kier molecular flexibility index (Phi) is 7.51. The van der Waals surface area contributed by atoms with Crippen molar-refractivity contribution in [3.8, 4) is 0 Å². The first-order valence-electron chi connectivity index (χ1n) is 6.91. The number of carbonyl (C=O) groups excluding carboxylic acids is 1. The van der Waals surface area contributed by atoms with Crippen LogP contribution in [0.5, 0.6) is 0 Å². The maximum absolute atomic E-state index is 12.0. The minimum Gasteiger partial charge on any atom is -0.342 e. The number of nitrogens with zero attached hydrogens (tertiary/aromatic N) is 1. The average molecular weight is 274 g/mol. The maximum Gasteiger partial charge on any atom is 0.236 e. The van der Waals surface area contributed by atoms with E-state index in [1.807, 2.05) is 11.8 Å². The molecule has 4 nitrogen and oxygen atoms in total. The molecule has 1 saturated heterocycles. The summed E-state index contributed by atoms with van der Waals surface area (Å²) in [5.41, 5.74) is 0. The van der Waals surface area contributed by atoms with Crippen molar-refractivity contribution in [1.82, 2.24) is 10.2 Å². The lowest BCUT2D eigenvalue weighted by atomic mass is 10.2. The highest BCUT2D eigenvalue weighted by Crippen LogP contribution is 2.09. The third-order valence-corrected chi connectivity index (χ3v) is 4.21. The summed E-state index contributed by atoms with van der Waals surface area (Å²) in [6, 6.07) is 0.254. The van der Waals surface area contributed by atoms with Crippen molar-refractivity contribution in [2.24, 2.45) is 0 Å². The Labute approximate surface area is 113 Å². The molecule has 1 fully saturated rings. The molecule has 0 aliphatic carbocycles. The molecule has 18 heavy (non-hydrogen) atoms. The van der Waals surface area contributed by atoms with Crippen molar-refractivity contribution in [1.29, 1.82) is 0 Å². The van der Waals surface area contributed by atoms with Gasteiger partial charge in [0.15, 0.2) is 0 Å². The first kappa shape index (κ1) is 15.6. The van der Waals surface area contributed by atoms with Gasteiger partial charge in [0.1, 0.15) is 0 Å². The number of likely N-dealkylation sites (tertiary alicyclic amines) is 1. The van der Waals surface area contributed by atoms with Crippen LogP contribution in [-0.4, -0.2) is 52.7 Å². The van der Waals surface area contributed by atoms with Crippen LogP contribution >= 0.6 is 0 Å². The number of carbonyl (C=O) groups is 1. The SMILES string of the molecule is CC(CCS(C)=O)NCC(=O)N1CCCCCC1. The highest BCUT2D eigenvalue weighted by molar-refractivity contribution is 7.84. The zero-order chi connectivity index (χ0) is 13.4. The monoisotopic (exact) mass is 274 g/mol. The smallest absolute Gasteiger partial charge is 0.236 e. The second kappa shape index (κ2) is 8.64. The van der Waals surface area contributed by atoms with E-state index < -0.39 is 10.8 Å². The molecule has 0 radical (unpaired) electrons. The third kappa shape index (κ3) is 6.50. The van der Waals surface area contributed by atoms with Crippen LogP contribution in [0.1, 0.15) is 39.0 Å². The normalized spacial score (nSPS) is 20.2. The van der Waals surface area contributed by atoms with Gasteiger partial charge in [-0.15, -0.1) is 0 Å². The lowest BCUT2D eigenvalue weighted by molar-refractivity contribution is -0.130. The van der Waals surface area contributed by atoms with Crippen LogP contribution < -0.4 is 5.32 Å². The van der Waals surface area contributed by atoms with Crippen molar-refractivity contribution in [3.63, 3.8) is 0 Å². The zero-order valence-corrected chi connectivity index (χ0v) is 12.4. The fraction of sp³-hybridized carbons (Fsp3) is 0.923.